The van der Waals surface area contributed by atoms with Gasteiger partial charge in [0, 0.05) is 19.8 Å². The van der Waals surface area contributed by atoms with E-state index in [-0.39, 0.29) is 11.7 Å². The van der Waals surface area contributed by atoms with Gasteiger partial charge >= 0.3 is 0 Å². The highest BCUT2D eigenvalue weighted by Crippen LogP contribution is 2.24. The molecule has 1 heterocycles. The molecule has 5 nitrogen and oxygen atoms in total. The maximum Gasteiger partial charge on any atom is 0.277 e. The van der Waals surface area contributed by atoms with Crippen LogP contribution >= 0.6 is 46.0 Å². The molecule has 3 aromatic rings. The Kier molecular flexibility index (Phi) is 5.98. The van der Waals surface area contributed by atoms with Crippen LogP contribution < -0.4 is 5.32 Å². The van der Waals surface area contributed by atoms with Crippen molar-refractivity contribution < 1.29 is 9.21 Å². The number of amides is 1. The fraction of sp³-hybridized carbons (Fsp3) is 0.118. The topological polar surface area (TPSA) is 68.0 Å². The fourth-order valence-corrected chi connectivity index (χ4v) is 3.18. The first-order valence-electron chi connectivity index (χ1n) is 7.29. The molecule has 2 aromatic carbocycles. The van der Waals surface area contributed by atoms with E-state index >= 15 is 0 Å². The van der Waals surface area contributed by atoms with Gasteiger partial charge in [0.05, 0.1) is 5.75 Å². The number of carbonyl (C=O) groups is 1. The van der Waals surface area contributed by atoms with Crippen molar-refractivity contribution in [2.24, 2.45) is 0 Å². The molecule has 1 N–H and O–H groups in total. The van der Waals surface area contributed by atoms with Gasteiger partial charge in [0.25, 0.3) is 5.22 Å². The lowest BCUT2D eigenvalue weighted by atomic mass is 10.2. The van der Waals surface area contributed by atoms with Gasteiger partial charge in [0.15, 0.2) is 0 Å². The Labute approximate surface area is 167 Å². The molecule has 0 saturated heterocycles. The Morgan fingerprint density at radius 3 is 2.72 bits per heavy atom. The number of nitrogens with zero attached hydrogens (tertiary/aromatic N) is 2. The number of hydrogen-bond acceptors (Lipinski definition) is 5. The molecule has 0 radical (unpaired) electrons. The van der Waals surface area contributed by atoms with E-state index in [1.54, 1.807) is 24.3 Å². The normalized spacial score (nSPS) is 10.7. The van der Waals surface area contributed by atoms with Gasteiger partial charge in [-0.15, -0.1) is 10.2 Å². The van der Waals surface area contributed by atoms with Crippen LogP contribution in [0.15, 0.2) is 52.1 Å². The van der Waals surface area contributed by atoms with Crippen LogP contribution in [0.25, 0.3) is 11.5 Å². The summed E-state index contributed by atoms with van der Waals surface area (Å²) in [6.07, 6.45) is 0. The summed E-state index contributed by atoms with van der Waals surface area (Å²) in [6, 6.07) is 12.9. The fourth-order valence-electron chi connectivity index (χ4n) is 1.97. The number of anilines is 1. The molecule has 0 bridgehead atoms. The average molecular weight is 486 g/mol. The Morgan fingerprint density at radius 2 is 2.00 bits per heavy atom. The van der Waals surface area contributed by atoms with Crippen molar-refractivity contribution in [2.45, 2.75) is 12.1 Å². The minimum Gasteiger partial charge on any atom is -0.411 e. The second kappa shape index (κ2) is 8.20. The summed E-state index contributed by atoms with van der Waals surface area (Å²) in [7, 11) is 0. The largest absolute Gasteiger partial charge is 0.411 e. The maximum absolute atomic E-state index is 12.1. The SMILES string of the molecule is Cc1ccc(NC(=O)CSc2nnc(-c3ccc(Cl)cc3)o2)cc1I. The number of thioether (sulfide) groups is 1. The molecule has 8 heteroatoms. The first kappa shape index (κ1) is 18.2. The number of hydrogen-bond donors (Lipinski definition) is 1. The summed E-state index contributed by atoms with van der Waals surface area (Å²) in [5.41, 5.74) is 2.73. The Hall–Kier alpha value is -1.58. The van der Waals surface area contributed by atoms with Gasteiger partial charge in [-0.2, -0.15) is 0 Å². The van der Waals surface area contributed by atoms with Gasteiger partial charge in [0.1, 0.15) is 0 Å². The molecule has 25 heavy (non-hydrogen) atoms. The molecule has 0 atom stereocenters. The van der Waals surface area contributed by atoms with Crippen LogP contribution in [0.1, 0.15) is 5.56 Å². The molecule has 0 aliphatic heterocycles. The summed E-state index contributed by atoms with van der Waals surface area (Å²) >= 11 is 9.29. The first-order chi connectivity index (χ1) is 12.0. The molecule has 0 fully saturated rings. The molecular weight excluding hydrogens is 473 g/mol. The van der Waals surface area contributed by atoms with Crippen molar-refractivity contribution in [2.75, 3.05) is 11.1 Å². The van der Waals surface area contributed by atoms with Crippen LogP contribution in [0.2, 0.25) is 5.02 Å². The van der Waals surface area contributed by atoms with Gasteiger partial charge in [-0.1, -0.05) is 29.4 Å². The van der Waals surface area contributed by atoms with Crippen LogP contribution in [0, 0.1) is 10.5 Å². The van der Waals surface area contributed by atoms with Crippen molar-refractivity contribution in [1.29, 1.82) is 0 Å². The Morgan fingerprint density at radius 1 is 1.24 bits per heavy atom. The minimum absolute atomic E-state index is 0.129. The molecule has 1 amide bonds. The third-order valence-electron chi connectivity index (χ3n) is 3.28. The van der Waals surface area contributed by atoms with Crippen LogP contribution in [0.4, 0.5) is 5.69 Å². The van der Waals surface area contributed by atoms with Gasteiger partial charge in [-0.25, -0.2) is 0 Å². The number of halogens is 2. The van der Waals surface area contributed by atoms with Gasteiger partial charge in [-0.05, 0) is 71.5 Å². The number of aromatic nitrogens is 2. The summed E-state index contributed by atoms with van der Waals surface area (Å²) < 4.78 is 6.67. The minimum atomic E-state index is -0.129. The van der Waals surface area contributed by atoms with Crippen LogP contribution in [-0.2, 0) is 4.79 Å². The van der Waals surface area contributed by atoms with E-state index in [1.807, 2.05) is 25.1 Å². The smallest absolute Gasteiger partial charge is 0.277 e. The average Bonchev–Trinajstić information content (AvgIpc) is 3.06. The lowest BCUT2D eigenvalue weighted by molar-refractivity contribution is -0.113. The summed E-state index contributed by atoms with van der Waals surface area (Å²) in [5.74, 6) is 0.454. The molecule has 0 saturated carbocycles. The summed E-state index contributed by atoms with van der Waals surface area (Å²) in [6.45, 7) is 2.02. The predicted octanol–water partition coefficient (Wildman–Crippen LogP) is 5.03. The number of rotatable bonds is 5. The molecule has 0 unspecified atom stereocenters. The zero-order valence-electron chi connectivity index (χ0n) is 13.1. The van der Waals surface area contributed by atoms with Gasteiger partial charge in [0.2, 0.25) is 11.8 Å². The van der Waals surface area contributed by atoms with E-state index in [4.69, 9.17) is 16.0 Å². The van der Waals surface area contributed by atoms with Crippen LogP contribution in [0.3, 0.4) is 0 Å². The van der Waals surface area contributed by atoms with E-state index in [0.29, 0.717) is 16.1 Å². The highest BCUT2D eigenvalue weighted by Gasteiger charge is 2.11. The predicted molar refractivity (Wildman–Crippen MR) is 108 cm³/mol. The maximum atomic E-state index is 12.1. The molecule has 128 valence electrons. The summed E-state index contributed by atoms with van der Waals surface area (Å²) in [5, 5.41) is 11.8. The van der Waals surface area contributed by atoms with Crippen LogP contribution in [0.5, 0.6) is 0 Å². The third-order valence-corrected chi connectivity index (χ3v) is 5.51. The van der Waals surface area contributed by atoms with Crippen molar-refractivity contribution in [3.05, 3.63) is 56.6 Å². The summed E-state index contributed by atoms with van der Waals surface area (Å²) in [4.78, 5) is 12.1. The van der Waals surface area contributed by atoms with Crippen molar-refractivity contribution in [3.63, 3.8) is 0 Å². The second-order valence-corrected chi connectivity index (χ2v) is 7.71. The third kappa shape index (κ3) is 4.96. The number of carbonyl (C=O) groups excluding carboxylic acids is 1. The van der Waals surface area contributed by atoms with Gasteiger partial charge < -0.3 is 9.73 Å². The number of nitrogens with one attached hydrogen (secondary N) is 1. The number of benzene rings is 2. The van der Waals surface area contributed by atoms with Crippen molar-refractivity contribution >= 4 is 57.5 Å². The van der Waals surface area contributed by atoms with Crippen molar-refractivity contribution in [3.8, 4) is 11.5 Å². The number of aryl methyl sites for hydroxylation is 1. The van der Waals surface area contributed by atoms with E-state index in [2.05, 4.69) is 38.1 Å². The highest BCUT2D eigenvalue weighted by molar-refractivity contribution is 14.1. The van der Waals surface area contributed by atoms with E-state index < -0.39 is 0 Å². The van der Waals surface area contributed by atoms with E-state index in [1.165, 1.54) is 17.3 Å². The molecule has 1 aromatic heterocycles. The van der Waals surface area contributed by atoms with E-state index in [0.717, 1.165) is 14.8 Å². The molecule has 0 aliphatic carbocycles. The van der Waals surface area contributed by atoms with Gasteiger partial charge in [-0.3, -0.25) is 4.79 Å². The van der Waals surface area contributed by atoms with Crippen molar-refractivity contribution in [1.82, 2.24) is 10.2 Å². The zero-order chi connectivity index (χ0) is 17.8. The Balaban J connectivity index is 1.57. The highest BCUT2D eigenvalue weighted by atomic mass is 127. The Bertz CT molecular complexity index is 899. The lowest BCUT2D eigenvalue weighted by Crippen LogP contribution is -2.14. The molecule has 0 spiro atoms. The molecule has 3 rings (SSSR count). The van der Waals surface area contributed by atoms with Crippen LogP contribution in [-0.4, -0.2) is 21.9 Å². The molecule has 0 aliphatic rings. The second-order valence-electron chi connectivity index (χ2n) is 5.18. The lowest BCUT2D eigenvalue weighted by Gasteiger charge is -2.06. The quantitative estimate of drug-likeness (QED) is 0.405. The standard InChI is InChI=1S/C17H13ClIN3O2S/c1-10-2-7-13(8-14(10)19)20-15(23)9-25-17-22-21-16(24-17)11-3-5-12(18)6-4-11/h2-8H,9H2,1H3,(H,20,23). The molecular formula is C17H13ClIN3O2S. The monoisotopic (exact) mass is 485 g/mol. The first-order valence-corrected chi connectivity index (χ1v) is 9.74. The zero-order valence-corrected chi connectivity index (χ0v) is 16.9. The van der Waals surface area contributed by atoms with E-state index in [9.17, 15) is 4.79 Å².